The van der Waals surface area contributed by atoms with Gasteiger partial charge in [0.25, 0.3) is 0 Å². The van der Waals surface area contributed by atoms with Crippen LogP contribution in [0.25, 0.3) is 11.3 Å². The van der Waals surface area contributed by atoms with Gasteiger partial charge in [0.1, 0.15) is 19.0 Å². The molecule has 1 aromatic heterocycles. The minimum atomic E-state index is -0.293. The van der Waals surface area contributed by atoms with Crippen LogP contribution in [0.5, 0.6) is 11.5 Å². The van der Waals surface area contributed by atoms with Crippen molar-refractivity contribution >= 4 is 22.4 Å². The van der Waals surface area contributed by atoms with E-state index in [2.05, 4.69) is 10.3 Å². The molecule has 1 aliphatic rings. The van der Waals surface area contributed by atoms with Gasteiger partial charge in [0.2, 0.25) is 5.91 Å². The molecule has 3 aromatic rings. The first kappa shape index (κ1) is 19.4. The van der Waals surface area contributed by atoms with Gasteiger partial charge < -0.3 is 14.8 Å². The fourth-order valence-corrected chi connectivity index (χ4v) is 3.78. The zero-order chi connectivity index (χ0) is 20.2. The van der Waals surface area contributed by atoms with Crippen LogP contribution in [0.3, 0.4) is 0 Å². The Morgan fingerprint density at radius 2 is 1.93 bits per heavy atom. The number of nitrogens with one attached hydrogen (secondary N) is 1. The van der Waals surface area contributed by atoms with E-state index in [-0.39, 0.29) is 18.3 Å². The maximum absolute atomic E-state index is 13.0. The van der Waals surface area contributed by atoms with E-state index in [0.717, 1.165) is 22.6 Å². The molecular weight excluding hydrogens is 393 g/mol. The molecule has 0 saturated heterocycles. The van der Waals surface area contributed by atoms with Crippen LogP contribution in [-0.4, -0.2) is 42.6 Å². The fraction of sp³-hybridized carbons (Fsp3) is 0.238. The number of carbonyl (C=O) groups excluding carboxylic acids is 1. The number of fused-ring (bicyclic) bond motifs is 1. The van der Waals surface area contributed by atoms with Gasteiger partial charge in [-0.25, -0.2) is 9.37 Å². The van der Waals surface area contributed by atoms with Crippen LogP contribution in [0.1, 0.15) is 5.56 Å². The Labute approximate surface area is 171 Å². The number of benzene rings is 2. The molecule has 150 valence electrons. The highest BCUT2D eigenvalue weighted by atomic mass is 32.1. The summed E-state index contributed by atoms with van der Waals surface area (Å²) in [5.41, 5.74) is 2.55. The molecule has 0 fully saturated rings. The molecule has 2 heterocycles. The van der Waals surface area contributed by atoms with Crippen molar-refractivity contribution in [3.8, 4) is 22.8 Å². The number of ether oxygens (including phenoxy) is 2. The third-order valence-corrected chi connectivity index (χ3v) is 5.12. The first-order valence-electron chi connectivity index (χ1n) is 9.15. The smallest absolute Gasteiger partial charge is 0.240 e. The minimum Gasteiger partial charge on any atom is -0.486 e. The molecule has 0 saturated carbocycles. The second-order valence-electron chi connectivity index (χ2n) is 6.74. The molecule has 0 radical (unpaired) electrons. The molecule has 1 aliphatic heterocycles. The highest BCUT2D eigenvalue weighted by Gasteiger charge is 2.14. The number of hydrogen-bond donors (Lipinski definition) is 1. The van der Waals surface area contributed by atoms with Gasteiger partial charge in [-0.15, -0.1) is 11.3 Å². The number of anilines is 1. The molecule has 1 amide bonds. The number of likely N-dealkylation sites (N-methyl/N-ethyl adjacent to an activating group) is 1. The maximum Gasteiger partial charge on any atom is 0.240 e. The summed E-state index contributed by atoms with van der Waals surface area (Å²) >= 11 is 1.34. The van der Waals surface area contributed by atoms with Gasteiger partial charge in [-0.3, -0.25) is 9.69 Å². The van der Waals surface area contributed by atoms with E-state index in [1.165, 1.54) is 23.5 Å². The molecular formula is C21H20FN3O3S. The third-order valence-electron chi connectivity index (χ3n) is 4.36. The number of hydrogen-bond acceptors (Lipinski definition) is 6. The van der Waals surface area contributed by atoms with Crippen LogP contribution in [0.2, 0.25) is 0 Å². The van der Waals surface area contributed by atoms with Gasteiger partial charge in [-0.05, 0) is 49.0 Å². The van der Waals surface area contributed by atoms with Crippen molar-refractivity contribution in [3.63, 3.8) is 0 Å². The number of nitrogens with zero attached hydrogens (tertiary/aromatic N) is 2. The van der Waals surface area contributed by atoms with Crippen molar-refractivity contribution in [1.82, 2.24) is 9.88 Å². The topological polar surface area (TPSA) is 63.7 Å². The van der Waals surface area contributed by atoms with Crippen molar-refractivity contribution in [2.75, 3.05) is 32.1 Å². The lowest BCUT2D eigenvalue weighted by Gasteiger charge is -2.20. The lowest BCUT2D eigenvalue weighted by atomic mass is 10.2. The summed E-state index contributed by atoms with van der Waals surface area (Å²) in [5.74, 6) is 1.05. The molecule has 6 nitrogen and oxygen atoms in total. The average molecular weight is 413 g/mol. The molecule has 0 aliphatic carbocycles. The van der Waals surface area contributed by atoms with Crippen LogP contribution in [0.4, 0.5) is 9.52 Å². The molecule has 29 heavy (non-hydrogen) atoms. The van der Waals surface area contributed by atoms with E-state index in [4.69, 9.17) is 9.47 Å². The van der Waals surface area contributed by atoms with Crippen LogP contribution >= 0.6 is 11.3 Å². The molecule has 0 unspecified atom stereocenters. The first-order valence-corrected chi connectivity index (χ1v) is 10.0. The summed E-state index contributed by atoms with van der Waals surface area (Å²) in [6.45, 7) is 1.93. The summed E-state index contributed by atoms with van der Waals surface area (Å²) in [5, 5.41) is 5.17. The Balaban J connectivity index is 1.32. The van der Waals surface area contributed by atoms with Crippen molar-refractivity contribution in [2.45, 2.75) is 6.54 Å². The van der Waals surface area contributed by atoms with Gasteiger partial charge in [0, 0.05) is 17.5 Å². The van der Waals surface area contributed by atoms with Gasteiger partial charge in [-0.2, -0.15) is 0 Å². The second kappa shape index (κ2) is 8.59. The monoisotopic (exact) mass is 413 g/mol. The van der Waals surface area contributed by atoms with E-state index >= 15 is 0 Å². The zero-order valence-electron chi connectivity index (χ0n) is 15.9. The van der Waals surface area contributed by atoms with Gasteiger partial charge in [0.15, 0.2) is 16.6 Å². The lowest BCUT2D eigenvalue weighted by Crippen LogP contribution is -2.29. The van der Waals surface area contributed by atoms with Gasteiger partial charge >= 0.3 is 0 Å². The minimum absolute atomic E-state index is 0.148. The molecule has 0 atom stereocenters. The Morgan fingerprint density at radius 3 is 2.72 bits per heavy atom. The number of amides is 1. The van der Waals surface area contributed by atoms with Gasteiger partial charge in [0.05, 0.1) is 12.2 Å². The number of thiazole rings is 1. The van der Waals surface area contributed by atoms with E-state index in [1.807, 2.05) is 35.5 Å². The molecule has 1 N–H and O–H groups in total. The predicted octanol–water partition coefficient (Wildman–Crippen LogP) is 3.79. The van der Waals surface area contributed by atoms with E-state index < -0.39 is 0 Å². The molecule has 4 rings (SSSR count). The predicted molar refractivity (Wildman–Crippen MR) is 110 cm³/mol. The summed E-state index contributed by atoms with van der Waals surface area (Å²) in [6.07, 6.45) is 0. The lowest BCUT2D eigenvalue weighted by molar-refractivity contribution is -0.117. The summed E-state index contributed by atoms with van der Waals surface area (Å²) < 4.78 is 24.2. The first-order chi connectivity index (χ1) is 14.1. The summed E-state index contributed by atoms with van der Waals surface area (Å²) in [4.78, 5) is 18.7. The summed E-state index contributed by atoms with van der Waals surface area (Å²) in [7, 11) is 1.88. The molecule has 2 aromatic carbocycles. The third kappa shape index (κ3) is 4.90. The Morgan fingerprint density at radius 1 is 1.17 bits per heavy atom. The van der Waals surface area contributed by atoms with Crippen molar-refractivity contribution in [3.05, 3.63) is 59.2 Å². The highest BCUT2D eigenvalue weighted by Crippen LogP contribution is 2.31. The van der Waals surface area contributed by atoms with Crippen molar-refractivity contribution < 1.29 is 18.7 Å². The van der Waals surface area contributed by atoms with Crippen LogP contribution in [0, 0.1) is 5.82 Å². The maximum atomic E-state index is 13.0. The zero-order valence-corrected chi connectivity index (χ0v) is 16.7. The Kier molecular flexibility index (Phi) is 5.73. The normalized spacial score (nSPS) is 12.8. The Bertz CT molecular complexity index is 1010. The fourth-order valence-electron chi connectivity index (χ4n) is 3.04. The number of halogens is 1. The highest BCUT2D eigenvalue weighted by molar-refractivity contribution is 7.14. The molecule has 0 spiro atoms. The second-order valence-corrected chi connectivity index (χ2v) is 7.60. The summed E-state index contributed by atoms with van der Waals surface area (Å²) in [6, 6.07) is 11.9. The van der Waals surface area contributed by atoms with Crippen LogP contribution < -0.4 is 14.8 Å². The van der Waals surface area contributed by atoms with Gasteiger partial charge in [-0.1, -0.05) is 6.07 Å². The number of rotatable bonds is 6. The standard InChI is InChI=1S/C21H20FN3O3S/c1-25(11-14-2-7-18-19(10-14)28-9-8-27-18)12-20(26)24-21-23-17(13-29-21)15-3-5-16(22)6-4-15/h2-7,10,13H,8-9,11-12H2,1H3,(H,23,24,26). The van der Waals surface area contributed by atoms with E-state index in [0.29, 0.717) is 30.6 Å². The number of aromatic nitrogens is 1. The van der Waals surface area contributed by atoms with Crippen LogP contribution in [-0.2, 0) is 11.3 Å². The molecule has 0 bridgehead atoms. The van der Waals surface area contributed by atoms with Crippen molar-refractivity contribution in [2.24, 2.45) is 0 Å². The van der Waals surface area contributed by atoms with Crippen LogP contribution in [0.15, 0.2) is 47.8 Å². The van der Waals surface area contributed by atoms with E-state index in [1.54, 1.807) is 12.1 Å². The Hall–Kier alpha value is -2.97. The average Bonchev–Trinajstić information content (AvgIpc) is 3.16. The molecule has 8 heteroatoms. The largest absolute Gasteiger partial charge is 0.486 e. The quantitative estimate of drug-likeness (QED) is 0.666. The number of carbonyl (C=O) groups is 1. The van der Waals surface area contributed by atoms with E-state index in [9.17, 15) is 9.18 Å². The van der Waals surface area contributed by atoms with Crippen molar-refractivity contribution in [1.29, 1.82) is 0 Å². The SMILES string of the molecule is CN(CC(=O)Nc1nc(-c2ccc(F)cc2)cs1)Cc1ccc2c(c1)OCCO2.